The molecule has 0 saturated carbocycles. The molecular weight excluding hydrogens is 415 g/mol. The van der Waals surface area contributed by atoms with E-state index in [1.54, 1.807) is 18.2 Å². The van der Waals surface area contributed by atoms with Gasteiger partial charge < -0.3 is 5.32 Å². The molecule has 0 heterocycles. The molecule has 1 atom stereocenters. The molecule has 0 bridgehead atoms. The lowest BCUT2D eigenvalue weighted by Crippen LogP contribution is -2.44. The summed E-state index contributed by atoms with van der Waals surface area (Å²) in [5, 5.41) is 2.83. The molecule has 0 fully saturated rings. The Balaban J connectivity index is 1.76. The van der Waals surface area contributed by atoms with Crippen molar-refractivity contribution in [2.75, 3.05) is 10.8 Å². The van der Waals surface area contributed by atoms with Crippen LogP contribution in [0.2, 0.25) is 0 Å². The standard InChI is InChI=1S/C24H25FN2O3S/c1-19(16-17-20-10-4-2-5-11-20)26-24(28)18-27(23-15-9-8-14-22(23)25)31(29,30)21-12-6-3-7-13-21/h2-15,19H,16-18H2,1H3,(H,26,28)/t19-/m0/s1. The number of para-hydroxylation sites is 1. The molecule has 1 amide bonds. The number of aryl methyl sites for hydroxylation is 1. The van der Waals surface area contributed by atoms with Gasteiger partial charge in [-0.3, -0.25) is 9.10 Å². The summed E-state index contributed by atoms with van der Waals surface area (Å²) in [7, 11) is -4.13. The van der Waals surface area contributed by atoms with Gasteiger partial charge in [-0.25, -0.2) is 12.8 Å². The van der Waals surface area contributed by atoms with Crippen molar-refractivity contribution in [1.82, 2.24) is 5.32 Å². The number of amides is 1. The highest BCUT2D eigenvalue weighted by molar-refractivity contribution is 7.92. The number of carbonyl (C=O) groups excluding carboxylic acids is 1. The summed E-state index contributed by atoms with van der Waals surface area (Å²) in [6.45, 7) is 1.34. The minimum absolute atomic E-state index is 0.0109. The number of nitrogens with zero attached hydrogens (tertiary/aromatic N) is 1. The third-order valence-electron chi connectivity index (χ3n) is 4.86. The topological polar surface area (TPSA) is 66.5 Å². The summed E-state index contributed by atoms with van der Waals surface area (Å²) in [4.78, 5) is 12.7. The quantitative estimate of drug-likeness (QED) is 0.543. The zero-order valence-electron chi connectivity index (χ0n) is 17.2. The summed E-state index contributed by atoms with van der Waals surface area (Å²) >= 11 is 0. The van der Waals surface area contributed by atoms with Gasteiger partial charge in [0.05, 0.1) is 10.6 Å². The Labute approximate surface area is 182 Å². The van der Waals surface area contributed by atoms with Crippen LogP contribution in [0.3, 0.4) is 0 Å². The fourth-order valence-corrected chi connectivity index (χ4v) is 4.67. The number of nitrogens with one attached hydrogen (secondary N) is 1. The first-order valence-electron chi connectivity index (χ1n) is 10.0. The summed E-state index contributed by atoms with van der Waals surface area (Å²) in [5.41, 5.74) is 0.988. The van der Waals surface area contributed by atoms with Gasteiger partial charge in [0, 0.05) is 6.04 Å². The minimum atomic E-state index is -4.13. The molecule has 7 heteroatoms. The number of carbonyl (C=O) groups is 1. The van der Waals surface area contributed by atoms with Crippen molar-refractivity contribution in [3.63, 3.8) is 0 Å². The number of anilines is 1. The number of rotatable bonds is 9. The molecule has 162 valence electrons. The van der Waals surface area contributed by atoms with Gasteiger partial charge >= 0.3 is 0 Å². The molecule has 0 saturated heterocycles. The highest BCUT2D eigenvalue weighted by Crippen LogP contribution is 2.26. The largest absolute Gasteiger partial charge is 0.352 e. The lowest BCUT2D eigenvalue weighted by Gasteiger charge is -2.25. The van der Waals surface area contributed by atoms with Crippen molar-refractivity contribution < 1.29 is 17.6 Å². The van der Waals surface area contributed by atoms with Gasteiger partial charge in [0.15, 0.2) is 0 Å². The first kappa shape index (κ1) is 22.5. The van der Waals surface area contributed by atoms with Crippen LogP contribution in [0.4, 0.5) is 10.1 Å². The van der Waals surface area contributed by atoms with Crippen LogP contribution in [0.15, 0.2) is 89.8 Å². The van der Waals surface area contributed by atoms with Crippen LogP contribution in [0, 0.1) is 5.82 Å². The molecule has 0 aliphatic carbocycles. The molecule has 0 radical (unpaired) electrons. The Bertz CT molecular complexity index is 1110. The third-order valence-corrected chi connectivity index (χ3v) is 6.63. The Kier molecular flexibility index (Phi) is 7.41. The molecule has 0 unspecified atom stereocenters. The van der Waals surface area contributed by atoms with E-state index in [2.05, 4.69) is 5.32 Å². The summed E-state index contributed by atoms with van der Waals surface area (Å²) in [5.74, 6) is -1.21. The Morgan fingerprint density at radius 2 is 1.52 bits per heavy atom. The average Bonchev–Trinajstić information content (AvgIpc) is 2.78. The van der Waals surface area contributed by atoms with Gasteiger partial charge in [0.1, 0.15) is 12.4 Å². The van der Waals surface area contributed by atoms with E-state index in [1.165, 1.54) is 36.4 Å². The molecule has 5 nitrogen and oxygen atoms in total. The number of hydrogen-bond donors (Lipinski definition) is 1. The van der Waals surface area contributed by atoms with Gasteiger partial charge in [-0.2, -0.15) is 0 Å². The molecule has 0 spiro atoms. The van der Waals surface area contributed by atoms with Crippen molar-refractivity contribution >= 4 is 21.6 Å². The second-order valence-corrected chi connectivity index (χ2v) is 9.13. The second kappa shape index (κ2) is 10.2. The summed E-state index contributed by atoms with van der Waals surface area (Å²) < 4.78 is 41.7. The summed E-state index contributed by atoms with van der Waals surface area (Å²) in [6.07, 6.45) is 1.47. The third kappa shape index (κ3) is 5.92. The van der Waals surface area contributed by atoms with Gasteiger partial charge in [-0.15, -0.1) is 0 Å². The van der Waals surface area contributed by atoms with Crippen LogP contribution in [0.5, 0.6) is 0 Å². The fourth-order valence-electron chi connectivity index (χ4n) is 3.22. The number of sulfonamides is 1. The first-order chi connectivity index (χ1) is 14.9. The SMILES string of the molecule is C[C@@H](CCc1ccccc1)NC(=O)CN(c1ccccc1F)S(=O)(=O)c1ccccc1. The monoisotopic (exact) mass is 440 g/mol. The predicted octanol–water partition coefficient (Wildman–Crippen LogP) is 4.16. The highest BCUT2D eigenvalue weighted by Gasteiger charge is 2.29. The Morgan fingerprint density at radius 1 is 0.935 bits per heavy atom. The van der Waals surface area contributed by atoms with Crippen molar-refractivity contribution in [1.29, 1.82) is 0 Å². The van der Waals surface area contributed by atoms with Gasteiger partial charge in [-0.05, 0) is 49.6 Å². The van der Waals surface area contributed by atoms with Crippen LogP contribution in [0.1, 0.15) is 18.9 Å². The molecule has 3 aromatic rings. The smallest absolute Gasteiger partial charge is 0.264 e. The number of hydrogen-bond acceptors (Lipinski definition) is 3. The molecule has 0 aliphatic rings. The lowest BCUT2D eigenvalue weighted by molar-refractivity contribution is -0.120. The molecular formula is C24H25FN2O3S. The molecule has 0 aliphatic heterocycles. The van der Waals surface area contributed by atoms with Gasteiger partial charge in [0.2, 0.25) is 5.91 Å². The molecule has 31 heavy (non-hydrogen) atoms. The Hall–Kier alpha value is -3.19. The molecule has 3 rings (SSSR count). The Morgan fingerprint density at radius 3 is 2.16 bits per heavy atom. The van der Waals surface area contributed by atoms with Crippen LogP contribution in [0.25, 0.3) is 0 Å². The van der Waals surface area contributed by atoms with E-state index in [-0.39, 0.29) is 16.6 Å². The highest BCUT2D eigenvalue weighted by atomic mass is 32.2. The van der Waals surface area contributed by atoms with Crippen molar-refractivity contribution in [3.8, 4) is 0 Å². The molecule has 1 N–H and O–H groups in total. The maximum absolute atomic E-state index is 14.5. The van der Waals surface area contributed by atoms with E-state index in [9.17, 15) is 17.6 Å². The zero-order chi connectivity index (χ0) is 22.3. The first-order valence-corrected chi connectivity index (χ1v) is 11.5. The maximum Gasteiger partial charge on any atom is 0.264 e. The lowest BCUT2D eigenvalue weighted by atomic mass is 10.1. The van der Waals surface area contributed by atoms with Crippen molar-refractivity contribution in [2.24, 2.45) is 0 Å². The zero-order valence-corrected chi connectivity index (χ0v) is 18.1. The van der Waals surface area contributed by atoms with Crippen LogP contribution in [-0.4, -0.2) is 26.9 Å². The van der Waals surface area contributed by atoms with Crippen LogP contribution in [-0.2, 0) is 21.2 Å². The number of halogens is 1. The van der Waals surface area contributed by atoms with Crippen LogP contribution >= 0.6 is 0 Å². The van der Waals surface area contributed by atoms with E-state index in [4.69, 9.17) is 0 Å². The number of benzene rings is 3. The van der Waals surface area contributed by atoms with E-state index in [0.717, 1.165) is 16.3 Å². The van der Waals surface area contributed by atoms with Crippen molar-refractivity contribution in [2.45, 2.75) is 30.7 Å². The fraction of sp³-hybridized carbons (Fsp3) is 0.208. The maximum atomic E-state index is 14.5. The van der Waals surface area contributed by atoms with E-state index < -0.39 is 28.3 Å². The van der Waals surface area contributed by atoms with Crippen molar-refractivity contribution in [3.05, 3.63) is 96.3 Å². The van der Waals surface area contributed by atoms with Gasteiger partial charge in [0.25, 0.3) is 10.0 Å². The minimum Gasteiger partial charge on any atom is -0.352 e. The predicted molar refractivity (Wildman–Crippen MR) is 120 cm³/mol. The van der Waals surface area contributed by atoms with E-state index in [1.807, 2.05) is 37.3 Å². The van der Waals surface area contributed by atoms with Crippen LogP contribution < -0.4 is 9.62 Å². The molecule has 3 aromatic carbocycles. The molecule has 0 aromatic heterocycles. The normalized spacial score (nSPS) is 12.2. The van der Waals surface area contributed by atoms with Gasteiger partial charge in [-0.1, -0.05) is 60.7 Å². The second-order valence-electron chi connectivity index (χ2n) is 7.27. The summed E-state index contributed by atoms with van der Waals surface area (Å²) in [6, 6.07) is 22.9. The average molecular weight is 441 g/mol. The van der Waals surface area contributed by atoms with E-state index in [0.29, 0.717) is 6.42 Å². The van der Waals surface area contributed by atoms with E-state index >= 15 is 0 Å².